The lowest BCUT2D eigenvalue weighted by Crippen LogP contribution is -2.46. The number of hydrogen-bond donors (Lipinski definition) is 1. The van der Waals surface area contributed by atoms with Gasteiger partial charge in [-0.05, 0) is 31.9 Å². The quantitative estimate of drug-likeness (QED) is 0.911. The van der Waals surface area contributed by atoms with Crippen LogP contribution in [-0.2, 0) is 14.8 Å². The van der Waals surface area contributed by atoms with Gasteiger partial charge in [-0.1, -0.05) is 12.1 Å². The van der Waals surface area contributed by atoms with Crippen molar-refractivity contribution in [3.63, 3.8) is 0 Å². The first-order valence-corrected chi connectivity index (χ1v) is 9.34. The van der Waals surface area contributed by atoms with E-state index in [0.29, 0.717) is 30.9 Å². The van der Waals surface area contributed by atoms with Crippen molar-refractivity contribution >= 4 is 27.0 Å². The largest absolute Gasteiger partial charge is 0.438 e. The highest BCUT2D eigenvalue weighted by molar-refractivity contribution is 7.88. The maximum Gasteiger partial charge on any atom is 0.239 e. The zero-order chi connectivity index (χ0) is 16.6. The maximum atomic E-state index is 12.4. The number of carbonyl (C=O) groups excluding carboxylic acids is 1. The fourth-order valence-corrected chi connectivity index (χ4v) is 3.97. The summed E-state index contributed by atoms with van der Waals surface area (Å²) in [4.78, 5) is 16.8. The van der Waals surface area contributed by atoms with Crippen molar-refractivity contribution in [2.45, 2.75) is 31.8 Å². The number of oxazole rings is 1. The number of rotatable bonds is 4. The summed E-state index contributed by atoms with van der Waals surface area (Å²) in [6, 6.07) is 6.26. The number of fused-ring (bicyclic) bond motifs is 1. The highest BCUT2D eigenvalue weighted by atomic mass is 32.2. The molecule has 0 aliphatic carbocycles. The van der Waals surface area contributed by atoms with Gasteiger partial charge < -0.3 is 9.73 Å². The maximum absolute atomic E-state index is 12.4. The lowest BCUT2D eigenvalue weighted by atomic mass is 10.2. The van der Waals surface area contributed by atoms with E-state index in [-0.39, 0.29) is 5.91 Å². The van der Waals surface area contributed by atoms with Gasteiger partial charge in [0.05, 0.1) is 6.26 Å². The van der Waals surface area contributed by atoms with Gasteiger partial charge in [0.15, 0.2) is 5.58 Å². The number of benzene rings is 1. The number of carbonyl (C=O) groups is 1. The minimum atomic E-state index is -3.38. The number of sulfonamides is 1. The van der Waals surface area contributed by atoms with Crippen LogP contribution in [0.25, 0.3) is 11.1 Å². The second-order valence-electron chi connectivity index (χ2n) is 5.78. The van der Waals surface area contributed by atoms with E-state index in [1.165, 1.54) is 4.31 Å². The topological polar surface area (TPSA) is 92.5 Å². The second kappa shape index (κ2) is 5.93. The predicted octanol–water partition coefficient (Wildman–Crippen LogP) is 1.43. The van der Waals surface area contributed by atoms with E-state index in [9.17, 15) is 13.2 Å². The van der Waals surface area contributed by atoms with E-state index in [4.69, 9.17) is 4.42 Å². The molecule has 1 amide bonds. The monoisotopic (exact) mass is 337 g/mol. The van der Waals surface area contributed by atoms with Crippen LogP contribution in [0.2, 0.25) is 0 Å². The predicted molar refractivity (Wildman–Crippen MR) is 85.1 cm³/mol. The van der Waals surface area contributed by atoms with E-state index in [0.717, 1.165) is 11.8 Å². The van der Waals surface area contributed by atoms with E-state index < -0.39 is 22.1 Å². The molecule has 0 saturated carbocycles. The molecule has 3 rings (SSSR count). The molecule has 2 heterocycles. The van der Waals surface area contributed by atoms with Crippen LogP contribution in [0.15, 0.2) is 28.7 Å². The summed E-state index contributed by atoms with van der Waals surface area (Å²) in [5.41, 5.74) is 1.38. The summed E-state index contributed by atoms with van der Waals surface area (Å²) >= 11 is 0. The van der Waals surface area contributed by atoms with E-state index >= 15 is 0 Å². The van der Waals surface area contributed by atoms with Crippen LogP contribution in [0.3, 0.4) is 0 Å². The molecule has 1 aliphatic rings. The average molecular weight is 337 g/mol. The van der Waals surface area contributed by atoms with Gasteiger partial charge in [-0.25, -0.2) is 13.4 Å². The molecule has 1 aliphatic heterocycles. The highest BCUT2D eigenvalue weighted by Gasteiger charge is 2.37. The van der Waals surface area contributed by atoms with E-state index in [1.54, 1.807) is 6.92 Å². The smallest absolute Gasteiger partial charge is 0.239 e. The van der Waals surface area contributed by atoms with Crippen LogP contribution in [-0.4, -0.2) is 42.5 Å². The fourth-order valence-electron chi connectivity index (χ4n) is 2.85. The van der Waals surface area contributed by atoms with Gasteiger partial charge in [-0.15, -0.1) is 0 Å². The Morgan fingerprint density at radius 1 is 1.43 bits per heavy atom. The SMILES string of the molecule is C[C@@H](NC(=O)[C@H]1CCCN1S(C)(=O)=O)c1nc2ccccc2o1. The van der Waals surface area contributed by atoms with Crippen molar-refractivity contribution in [2.75, 3.05) is 12.8 Å². The average Bonchev–Trinajstić information content (AvgIpc) is 3.13. The fraction of sp³-hybridized carbons (Fsp3) is 0.467. The van der Waals surface area contributed by atoms with Crippen LogP contribution in [0.4, 0.5) is 0 Å². The van der Waals surface area contributed by atoms with Gasteiger partial charge >= 0.3 is 0 Å². The first-order valence-electron chi connectivity index (χ1n) is 7.49. The molecule has 2 atom stereocenters. The molecule has 0 spiro atoms. The third kappa shape index (κ3) is 3.23. The van der Waals surface area contributed by atoms with Crippen molar-refractivity contribution in [1.82, 2.24) is 14.6 Å². The van der Waals surface area contributed by atoms with Crippen LogP contribution in [0.5, 0.6) is 0 Å². The van der Waals surface area contributed by atoms with Crippen molar-refractivity contribution < 1.29 is 17.6 Å². The molecule has 0 radical (unpaired) electrons. The Kier molecular flexibility index (Phi) is 4.11. The number of nitrogens with zero attached hydrogens (tertiary/aromatic N) is 2. The molecule has 2 aromatic rings. The first kappa shape index (κ1) is 15.9. The molecule has 1 N–H and O–H groups in total. The number of hydrogen-bond acceptors (Lipinski definition) is 5. The summed E-state index contributed by atoms with van der Waals surface area (Å²) in [5.74, 6) is 0.0890. The van der Waals surface area contributed by atoms with Gasteiger partial charge in [0.1, 0.15) is 17.6 Å². The summed E-state index contributed by atoms with van der Waals surface area (Å²) < 4.78 is 30.4. The molecule has 7 nitrogen and oxygen atoms in total. The van der Waals surface area contributed by atoms with Crippen molar-refractivity contribution in [3.05, 3.63) is 30.2 Å². The van der Waals surface area contributed by atoms with Crippen molar-refractivity contribution in [2.24, 2.45) is 0 Å². The number of aromatic nitrogens is 1. The zero-order valence-electron chi connectivity index (χ0n) is 13.0. The number of amides is 1. The lowest BCUT2D eigenvalue weighted by molar-refractivity contribution is -0.125. The zero-order valence-corrected chi connectivity index (χ0v) is 13.8. The summed E-state index contributed by atoms with van der Waals surface area (Å²) in [5, 5.41) is 2.80. The summed E-state index contributed by atoms with van der Waals surface area (Å²) in [6.45, 7) is 2.15. The lowest BCUT2D eigenvalue weighted by Gasteiger charge is -2.22. The minimum absolute atomic E-state index is 0.317. The molecule has 1 aromatic carbocycles. The minimum Gasteiger partial charge on any atom is -0.438 e. The molecule has 0 unspecified atom stereocenters. The Labute approximate surface area is 134 Å². The van der Waals surface area contributed by atoms with Crippen molar-refractivity contribution in [3.8, 4) is 0 Å². The Hall–Kier alpha value is -1.93. The van der Waals surface area contributed by atoms with Gasteiger partial charge in [-0.2, -0.15) is 4.31 Å². The molecule has 1 aromatic heterocycles. The molecule has 1 fully saturated rings. The van der Waals surface area contributed by atoms with Gasteiger partial charge in [0.25, 0.3) is 0 Å². The Morgan fingerprint density at radius 3 is 2.87 bits per heavy atom. The van der Waals surface area contributed by atoms with Crippen LogP contribution >= 0.6 is 0 Å². The standard InChI is InChI=1S/C15H19N3O4S/c1-10(15-17-11-6-3-4-8-13(11)22-15)16-14(19)12-7-5-9-18(12)23(2,20)21/h3-4,6,8,10,12H,5,7,9H2,1-2H3,(H,16,19)/t10-,12-/m1/s1. The van der Waals surface area contributed by atoms with Gasteiger partial charge in [0.2, 0.25) is 21.8 Å². The highest BCUT2D eigenvalue weighted by Crippen LogP contribution is 2.23. The molecular weight excluding hydrogens is 318 g/mol. The van der Waals surface area contributed by atoms with Gasteiger partial charge in [0, 0.05) is 6.54 Å². The van der Waals surface area contributed by atoms with Crippen LogP contribution < -0.4 is 5.32 Å². The van der Waals surface area contributed by atoms with Gasteiger partial charge in [-0.3, -0.25) is 4.79 Å². The first-order chi connectivity index (χ1) is 10.9. The molecule has 124 valence electrons. The second-order valence-corrected chi connectivity index (χ2v) is 7.72. The summed E-state index contributed by atoms with van der Waals surface area (Å²) in [6.07, 6.45) is 2.34. The summed E-state index contributed by atoms with van der Waals surface area (Å²) in [7, 11) is -3.38. The molecule has 8 heteroatoms. The Bertz CT molecular complexity index is 797. The third-order valence-electron chi connectivity index (χ3n) is 3.97. The molecule has 23 heavy (non-hydrogen) atoms. The normalized spacial score (nSPS) is 20.7. The van der Waals surface area contributed by atoms with E-state index in [2.05, 4.69) is 10.3 Å². The van der Waals surface area contributed by atoms with E-state index in [1.807, 2.05) is 24.3 Å². The number of para-hydroxylation sites is 2. The molecule has 1 saturated heterocycles. The third-order valence-corrected chi connectivity index (χ3v) is 5.26. The van der Waals surface area contributed by atoms with Crippen LogP contribution in [0, 0.1) is 0 Å². The Morgan fingerprint density at radius 2 is 2.17 bits per heavy atom. The molecule has 0 bridgehead atoms. The Balaban J connectivity index is 1.74. The number of nitrogens with one attached hydrogen (secondary N) is 1. The van der Waals surface area contributed by atoms with Crippen LogP contribution in [0.1, 0.15) is 31.7 Å². The molecular formula is C15H19N3O4S. The van der Waals surface area contributed by atoms with Crippen molar-refractivity contribution in [1.29, 1.82) is 0 Å².